The van der Waals surface area contributed by atoms with Crippen LogP contribution in [0.1, 0.15) is 17.0 Å². The fraction of sp³-hybridized carbons (Fsp3) is 0.182. The first-order valence-electron chi connectivity index (χ1n) is 9.63. The van der Waals surface area contributed by atoms with Gasteiger partial charge in [-0.1, -0.05) is 41.4 Å². The van der Waals surface area contributed by atoms with Gasteiger partial charge in [0.05, 0.1) is 24.4 Å². The molecule has 32 heavy (non-hydrogen) atoms. The maximum Gasteiger partial charge on any atom is 0.229 e. The number of para-hydroxylation sites is 1. The highest BCUT2D eigenvalue weighted by Crippen LogP contribution is 2.25. The second kappa shape index (κ2) is 11.1. The molecular formula is C22H22Cl2N6OS. The topological polar surface area (TPSA) is 83.5 Å². The Labute approximate surface area is 202 Å². The number of guanidine groups is 1. The highest BCUT2D eigenvalue weighted by molar-refractivity contribution is 7.80. The summed E-state index contributed by atoms with van der Waals surface area (Å²) in [5.41, 5.74) is 3.19. The summed E-state index contributed by atoms with van der Waals surface area (Å²) < 4.78 is 5.41. The Morgan fingerprint density at radius 3 is 2.44 bits per heavy atom. The van der Waals surface area contributed by atoms with Crippen LogP contribution in [-0.4, -0.2) is 28.1 Å². The lowest BCUT2D eigenvalue weighted by Gasteiger charge is -2.15. The van der Waals surface area contributed by atoms with Crippen molar-refractivity contribution in [1.82, 2.24) is 15.3 Å². The Bertz CT molecular complexity index is 1130. The molecule has 3 rings (SSSR count). The van der Waals surface area contributed by atoms with Gasteiger partial charge in [-0.2, -0.15) is 0 Å². The molecule has 0 fully saturated rings. The van der Waals surface area contributed by atoms with Crippen LogP contribution < -0.4 is 20.7 Å². The molecule has 0 aliphatic heterocycles. The van der Waals surface area contributed by atoms with E-state index in [1.54, 1.807) is 25.3 Å². The minimum atomic E-state index is 0.282. The highest BCUT2D eigenvalue weighted by atomic mass is 35.5. The van der Waals surface area contributed by atoms with E-state index in [2.05, 4.69) is 30.9 Å². The molecule has 0 aliphatic carbocycles. The number of hydrogen-bond acceptors (Lipinski definition) is 5. The fourth-order valence-corrected chi connectivity index (χ4v) is 3.51. The molecular weight excluding hydrogens is 467 g/mol. The van der Waals surface area contributed by atoms with Crippen molar-refractivity contribution < 1.29 is 4.74 Å². The molecule has 1 heterocycles. The maximum atomic E-state index is 6.24. The first kappa shape index (κ1) is 23.7. The number of aliphatic imine (C=N–C) groups is 1. The Kier molecular flexibility index (Phi) is 8.21. The average Bonchev–Trinajstić information content (AvgIpc) is 2.73. The van der Waals surface area contributed by atoms with E-state index in [4.69, 9.17) is 40.2 Å². The minimum Gasteiger partial charge on any atom is -0.496 e. The number of nitrogens with one attached hydrogen (secondary N) is 3. The molecule has 7 nitrogen and oxygen atoms in total. The molecule has 0 unspecified atom stereocenters. The Morgan fingerprint density at radius 1 is 1.03 bits per heavy atom. The van der Waals surface area contributed by atoms with E-state index >= 15 is 0 Å². The normalized spacial score (nSPS) is 11.1. The smallest absolute Gasteiger partial charge is 0.229 e. The zero-order valence-corrected chi connectivity index (χ0v) is 20.1. The van der Waals surface area contributed by atoms with Crippen molar-refractivity contribution in [3.8, 4) is 5.75 Å². The van der Waals surface area contributed by atoms with Crippen molar-refractivity contribution >= 4 is 58.1 Å². The number of aromatic nitrogens is 2. The Morgan fingerprint density at radius 2 is 1.75 bits per heavy atom. The number of aryl methyl sites for hydroxylation is 2. The van der Waals surface area contributed by atoms with E-state index in [0.717, 1.165) is 22.7 Å². The van der Waals surface area contributed by atoms with Crippen molar-refractivity contribution in [2.45, 2.75) is 20.4 Å². The third kappa shape index (κ3) is 6.78. The summed E-state index contributed by atoms with van der Waals surface area (Å²) in [6, 6.07) is 14.6. The number of nitrogens with zero attached hydrogens (tertiary/aromatic N) is 3. The predicted molar refractivity (Wildman–Crippen MR) is 135 cm³/mol. The molecule has 0 spiro atoms. The lowest BCUT2D eigenvalue weighted by molar-refractivity contribution is 0.410. The van der Waals surface area contributed by atoms with Gasteiger partial charge in [0.1, 0.15) is 5.75 Å². The molecule has 3 aromatic rings. The molecule has 2 aromatic carbocycles. The lowest BCUT2D eigenvalue weighted by atomic mass is 10.2. The van der Waals surface area contributed by atoms with E-state index < -0.39 is 0 Å². The van der Waals surface area contributed by atoms with Gasteiger partial charge in [0.2, 0.25) is 11.9 Å². The quantitative estimate of drug-likeness (QED) is 0.253. The molecule has 1 aromatic heterocycles. The summed E-state index contributed by atoms with van der Waals surface area (Å²) in [4.78, 5) is 13.4. The number of anilines is 2. The maximum absolute atomic E-state index is 6.24. The summed E-state index contributed by atoms with van der Waals surface area (Å²) in [6.07, 6.45) is 0. The molecule has 0 saturated heterocycles. The van der Waals surface area contributed by atoms with Crippen LogP contribution in [0, 0.1) is 13.8 Å². The zero-order chi connectivity index (χ0) is 23.1. The molecule has 10 heteroatoms. The molecule has 0 radical (unpaired) electrons. The van der Waals surface area contributed by atoms with Crippen LogP contribution in [0.3, 0.4) is 0 Å². The van der Waals surface area contributed by atoms with Gasteiger partial charge in [-0.3, -0.25) is 5.32 Å². The molecule has 3 N–H and O–H groups in total. The number of benzene rings is 2. The third-order valence-electron chi connectivity index (χ3n) is 4.22. The summed E-state index contributed by atoms with van der Waals surface area (Å²) in [5.74, 6) is 1.51. The van der Waals surface area contributed by atoms with Gasteiger partial charge in [-0.15, -0.1) is 0 Å². The van der Waals surface area contributed by atoms with Crippen molar-refractivity contribution in [2.75, 3.05) is 17.7 Å². The number of methoxy groups -OCH3 is 1. The minimum absolute atomic E-state index is 0.282. The first-order chi connectivity index (χ1) is 15.3. The van der Waals surface area contributed by atoms with E-state index in [9.17, 15) is 0 Å². The van der Waals surface area contributed by atoms with Gasteiger partial charge in [-0.25, -0.2) is 15.0 Å². The molecule has 0 saturated carbocycles. The van der Waals surface area contributed by atoms with Crippen molar-refractivity contribution in [1.29, 1.82) is 0 Å². The standard InChI is InChI=1S/C22H22Cl2N6OS/c1-13-10-14(2)27-21(26-13)29-20(25-12-15-6-4-5-7-19(15)31-3)30-22(32)28-18-9-8-16(23)11-17(18)24/h4-11H,12H2,1-3H3,(H3,25,26,27,28,29,30,32). The average molecular weight is 489 g/mol. The number of rotatable bonds is 5. The Balaban J connectivity index is 1.82. The van der Waals surface area contributed by atoms with Crippen molar-refractivity contribution in [3.05, 3.63) is 75.5 Å². The van der Waals surface area contributed by atoms with Crippen LogP contribution in [-0.2, 0) is 6.54 Å². The van der Waals surface area contributed by atoms with Gasteiger partial charge in [0, 0.05) is 22.0 Å². The van der Waals surface area contributed by atoms with E-state index in [0.29, 0.717) is 34.2 Å². The van der Waals surface area contributed by atoms with E-state index in [1.807, 2.05) is 44.2 Å². The van der Waals surface area contributed by atoms with Crippen molar-refractivity contribution in [2.24, 2.45) is 4.99 Å². The van der Waals surface area contributed by atoms with Gasteiger partial charge in [0.25, 0.3) is 0 Å². The van der Waals surface area contributed by atoms with Gasteiger partial charge in [-0.05, 0) is 56.4 Å². The van der Waals surface area contributed by atoms with E-state index in [-0.39, 0.29) is 5.11 Å². The fourth-order valence-electron chi connectivity index (χ4n) is 2.85. The van der Waals surface area contributed by atoms with Gasteiger partial charge < -0.3 is 15.4 Å². The predicted octanol–water partition coefficient (Wildman–Crippen LogP) is 5.36. The summed E-state index contributed by atoms with van der Waals surface area (Å²) >= 11 is 17.7. The summed E-state index contributed by atoms with van der Waals surface area (Å²) in [6.45, 7) is 4.13. The summed E-state index contributed by atoms with van der Waals surface area (Å²) in [5, 5.41) is 10.5. The van der Waals surface area contributed by atoms with Gasteiger partial charge in [0.15, 0.2) is 5.11 Å². The van der Waals surface area contributed by atoms with Gasteiger partial charge >= 0.3 is 0 Å². The molecule has 0 atom stereocenters. The Hall–Kier alpha value is -2.94. The SMILES string of the molecule is COc1ccccc1CN=C(NC(=S)Nc1ccc(Cl)cc1Cl)Nc1nc(C)cc(C)n1. The summed E-state index contributed by atoms with van der Waals surface area (Å²) in [7, 11) is 1.62. The van der Waals surface area contributed by atoms with Crippen LogP contribution in [0.25, 0.3) is 0 Å². The largest absolute Gasteiger partial charge is 0.496 e. The monoisotopic (exact) mass is 488 g/mol. The number of thiocarbonyl (C=S) groups is 1. The van der Waals surface area contributed by atoms with Crippen LogP contribution in [0.15, 0.2) is 53.5 Å². The highest BCUT2D eigenvalue weighted by Gasteiger charge is 2.10. The molecule has 0 aliphatic rings. The lowest BCUT2D eigenvalue weighted by Crippen LogP contribution is -2.39. The molecule has 0 bridgehead atoms. The number of hydrogen-bond donors (Lipinski definition) is 3. The van der Waals surface area contributed by atoms with Crippen LogP contribution in [0.5, 0.6) is 5.75 Å². The second-order valence-corrected chi connectivity index (χ2v) is 8.03. The third-order valence-corrected chi connectivity index (χ3v) is 4.98. The number of ether oxygens (including phenoxy) is 1. The van der Waals surface area contributed by atoms with Crippen LogP contribution in [0.2, 0.25) is 10.0 Å². The molecule has 0 amide bonds. The first-order valence-corrected chi connectivity index (χ1v) is 10.8. The second-order valence-electron chi connectivity index (χ2n) is 6.78. The van der Waals surface area contributed by atoms with Crippen LogP contribution >= 0.6 is 35.4 Å². The van der Waals surface area contributed by atoms with Crippen molar-refractivity contribution in [3.63, 3.8) is 0 Å². The van der Waals surface area contributed by atoms with E-state index in [1.165, 1.54) is 0 Å². The molecule has 166 valence electrons. The zero-order valence-electron chi connectivity index (χ0n) is 17.7. The van der Waals surface area contributed by atoms with Crippen LogP contribution in [0.4, 0.5) is 11.6 Å². The number of halogens is 2.